The summed E-state index contributed by atoms with van der Waals surface area (Å²) < 4.78 is 0. The Kier molecular flexibility index (Phi) is 2.36. The Balaban J connectivity index is 3.21. The molecular formula is C8H11N3O2. The average molecular weight is 181 g/mol. The molecule has 0 fully saturated rings. The van der Waals surface area contributed by atoms with Crippen LogP contribution in [0.25, 0.3) is 0 Å². The Labute approximate surface area is 75.2 Å². The van der Waals surface area contributed by atoms with Gasteiger partial charge < -0.3 is 15.6 Å². The molecule has 0 aromatic carbocycles. The number of amides is 1. The van der Waals surface area contributed by atoms with Gasteiger partial charge in [-0.05, 0) is 6.07 Å². The van der Waals surface area contributed by atoms with E-state index in [1.54, 1.807) is 14.1 Å². The maximum atomic E-state index is 11.4. The lowest BCUT2D eigenvalue weighted by atomic mass is 10.2. The van der Waals surface area contributed by atoms with Crippen LogP contribution in [-0.4, -0.2) is 29.9 Å². The number of anilines is 1. The van der Waals surface area contributed by atoms with Crippen LogP contribution in [-0.2, 0) is 0 Å². The molecule has 1 rings (SSSR count). The molecular weight excluding hydrogens is 170 g/mol. The Morgan fingerprint density at radius 1 is 1.54 bits per heavy atom. The number of H-pyrrole nitrogens is 1. The lowest BCUT2D eigenvalue weighted by Gasteiger charge is -2.09. The summed E-state index contributed by atoms with van der Waals surface area (Å²) in [4.78, 5) is 26.2. The number of nitrogens with zero attached hydrogens (tertiary/aromatic N) is 1. The van der Waals surface area contributed by atoms with Gasteiger partial charge in [0.15, 0.2) is 0 Å². The zero-order valence-electron chi connectivity index (χ0n) is 7.50. The molecule has 0 atom stereocenters. The van der Waals surface area contributed by atoms with E-state index in [4.69, 9.17) is 5.73 Å². The number of aromatic nitrogens is 1. The molecule has 5 nitrogen and oxygen atoms in total. The number of hydrogen-bond acceptors (Lipinski definition) is 3. The third-order valence-electron chi connectivity index (χ3n) is 1.56. The quantitative estimate of drug-likeness (QED) is 0.622. The van der Waals surface area contributed by atoms with Crippen molar-refractivity contribution >= 4 is 11.6 Å². The van der Waals surface area contributed by atoms with E-state index in [0.29, 0.717) is 5.69 Å². The van der Waals surface area contributed by atoms with Crippen LogP contribution in [0.15, 0.2) is 17.1 Å². The first-order chi connectivity index (χ1) is 6.02. The van der Waals surface area contributed by atoms with E-state index < -0.39 is 5.56 Å². The fourth-order valence-electron chi connectivity index (χ4n) is 0.900. The molecule has 1 amide bonds. The van der Waals surface area contributed by atoms with Gasteiger partial charge in [-0.1, -0.05) is 0 Å². The van der Waals surface area contributed by atoms with Crippen LogP contribution in [0.3, 0.4) is 0 Å². The Bertz CT molecular complexity index is 381. The lowest BCUT2D eigenvalue weighted by Crippen LogP contribution is -2.28. The molecule has 0 aliphatic carbocycles. The van der Waals surface area contributed by atoms with Gasteiger partial charge >= 0.3 is 0 Å². The van der Waals surface area contributed by atoms with Crippen LogP contribution >= 0.6 is 0 Å². The third kappa shape index (κ3) is 1.87. The van der Waals surface area contributed by atoms with Crippen molar-refractivity contribution in [3.05, 3.63) is 28.2 Å². The summed E-state index contributed by atoms with van der Waals surface area (Å²) in [5, 5.41) is 0. The summed E-state index contributed by atoms with van der Waals surface area (Å²) in [7, 11) is 3.15. The van der Waals surface area contributed by atoms with Crippen LogP contribution < -0.4 is 11.3 Å². The number of carbonyl (C=O) groups is 1. The predicted molar refractivity (Wildman–Crippen MR) is 49.5 cm³/mol. The van der Waals surface area contributed by atoms with Gasteiger partial charge in [0.05, 0.1) is 0 Å². The molecule has 3 N–H and O–H groups in total. The fraction of sp³-hybridized carbons (Fsp3) is 0.250. The van der Waals surface area contributed by atoms with Gasteiger partial charge in [-0.25, -0.2) is 0 Å². The number of carbonyl (C=O) groups excluding carboxylic acids is 1. The fourth-order valence-corrected chi connectivity index (χ4v) is 0.900. The van der Waals surface area contributed by atoms with Crippen molar-refractivity contribution in [1.29, 1.82) is 0 Å². The summed E-state index contributed by atoms with van der Waals surface area (Å²) in [5.74, 6) is -0.353. The third-order valence-corrected chi connectivity index (χ3v) is 1.56. The van der Waals surface area contributed by atoms with E-state index in [1.807, 2.05) is 0 Å². The smallest absolute Gasteiger partial charge is 0.260 e. The maximum Gasteiger partial charge on any atom is 0.260 e. The topological polar surface area (TPSA) is 79.2 Å². The normalized spacial score (nSPS) is 9.69. The molecule has 0 aliphatic heterocycles. The van der Waals surface area contributed by atoms with Gasteiger partial charge in [-0.15, -0.1) is 0 Å². The molecule has 0 saturated carbocycles. The summed E-state index contributed by atoms with van der Waals surface area (Å²) >= 11 is 0. The number of aromatic amines is 1. The van der Waals surface area contributed by atoms with Crippen molar-refractivity contribution in [2.24, 2.45) is 0 Å². The SMILES string of the molecule is CN(C)C(=O)c1cc(N)c[nH]c1=O. The molecule has 0 radical (unpaired) electrons. The molecule has 1 aromatic heterocycles. The first-order valence-electron chi connectivity index (χ1n) is 3.72. The number of nitrogens with one attached hydrogen (secondary N) is 1. The van der Waals surface area contributed by atoms with Crippen molar-refractivity contribution in [1.82, 2.24) is 9.88 Å². The van der Waals surface area contributed by atoms with E-state index in [9.17, 15) is 9.59 Å². The zero-order valence-corrected chi connectivity index (χ0v) is 7.50. The van der Waals surface area contributed by atoms with E-state index in [-0.39, 0.29) is 11.5 Å². The minimum Gasteiger partial charge on any atom is -0.398 e. The second-order valence-electron chi connectivity index (χ2n) is 2.88. The molecule has 1 heterocycles. The van der Waals surface area contributed by atoms with Crippen LogP contribution in [0.1, 0.15) is 10.4 Å². The molecule has 0 unspecified atom stereocenters. The van der Waals surface area contributed by atoms with Gasteiger partial charge in [0.1, 0.15) is 5.56 Å². The van der Waals surface area contributed by atoms with E-state index in [2.05, 4.69) is 4.98 Å². The van der Waals surface area contributed by atoms with E-state index in [1.165, 1.54) is 17.2 Å². The number of nitrogens with two attached hydrogens (primary N) is 1. The van der Waals surface area contributed by atoms with Crippen molar-refractivity contribution < 1.29 is 4.79 Å². The summed E-state index contributed by atoms with van der Waals surface area (Å²) in [6, 6.07) is 1.36. The largest absolute Gasteiger partial charge is 0.398 e. The van der Waals surface area contributed by atoms with Crippen molar-refractivity contribution in [2.75, 3.05) is 19.8 Å². The van der Waals surface area contributed by atoms with Crippen LogP contribution in [0.5, 0.6) is 0 Å². The van der Waals surface area contributed by atoms with Crippen LogP contribution in [0.4, 0.5) is 5.69 Å². The number of hydrogen-bond donors (Lipinski definition) is 2. The highest BCUT2D eigenvalue weighted by molar-refractivity contribution is 5.94. The molecule has 5 heteroatoms. The van der Waals surface area contributed by atoms with Gasteiger partial charge in [0.25, 0.3) is 11.5 Å². The molecule has 0 saturated heterocycles. The average Bonchev–Trinajstić information content (AvgIpc) is 2.08. The van der Waals surface area contributed by atoms with Crippen molar-refractivity contribution in [3.63, 3.8) is 0 Å². The first kappa shape index (κ1) is 9.31. The zero-order chi connectivity index (χ0) is 10.0. The minimum absolute atomic E-state index is 0.0602. The van der Waals surface area contributed by atoms with Gasteiger partial charge in [0.2, 0.25) is 0 Å². The molecule has 0 spiro atoms. The highest BCUT2D eigenvalue weighted by Gasteiger charge is 2.12. The van der Waals surface area contributed by atoms with Crippen LogP contribution in [0, 0.1) is 0 Å². The number of nitrogen functional groups attached to an aromatic ring is 1. The standard InChI is InChI=1S/C8H11N3O2/c1-11(2)8(13)6-3-5(9)4-10-7(6)12/h3-4H,9H2,1-2H3,(H,10,12). The monoisotopic (exact) mass is 181 g/mol. The number of pyridine rings is 1. The second kappa shape index (κ2) is 3.30. The maximum absolute atomic E-state index is 11.4. The predicted octanol–water partition coefficient (Wildman–Crippen LogP) is -0.341. The highest BCUT2D eigenvalue weighted by Crippen LogP contribution is 2.01. The summed E-state index contributed by atoms with van der Waals surface area (Å²) in [5.41, 5.74) is 5.43. The van der Waals surface area contributed by atoms with Gasteiger partial charge in [-0.3, -0.25) is 9.59 Å². The molecule has 1 aromatic rings. The van der Waals surface area contributed by atoms with E-state index >= 15 is 0 Å². The molecule has 70 valence electrons. The molecule has 13 heavy (non-hydrogen) atoms. The van der Waals surface area contributed by atoms with Crippen molar-refractivity contribution in [3.8, 4) is 0 Å². The number of rotatable bonds is 1. The minimum atomic E-state index is -0.423. The van der Waals surface area contributed by atoms with Gasteiger partial charge in [0, 0.05) is 26.0 Å². The first-order valence-corrected chi connectivity index (χ1v) is 3.72. The van der Waals surface area contributed by atoms with Crippen LogP contribution in [0.2, 0.25) is 0 Å². The van der Waals surface area contributed by atoms with Gasteiger partial charge in [-0.2, -0.15) is 0 Å². The second-order valence-corrected chi connectivity index (χ2v) is 2.88. The highest BCUT2D eigenvalue weighted by atomic mass is 16.2. The molecule has 0 aliphatic rings. The lowest BCUT2D eigenvalue weighted by molar-refractivity contribution is 0.0826. The molecule has 0 bridgehead atoms. The van der Waals surface area contributed by atoms with Crippen molar-refractivity contribution in [2.45, 2.75) is 0 Å². The summed E-state index contributed by atoms with van der Waals surface area (Å²) in [6.45, 7) is 0. The van der Waals surface area contributed by atoms with E-state index in [0.717, 1.165) is 0 Å². The Hall–Kier alpha value is -1.78. The Morgan fingerprint density at radius 2 is 2.15 bits per heavy atom. The summed E-state index contributed by atoms with van der Waals surface area (Å²) in [6.07, 6.45) is 1.36. The Morgan fingerprint density at radius 3 is 2.69 bits per heavy atom.